The Morgan fingerprint density at radius 3 is 2.68 bits per heavy atom. The van der Waals surface area contributed by atoms with E-state index < -0.39 is 0 Å². The van der Waals surface area contributed by atoms with Crippen molar-refractivity contribution in [1.29, 1.82) is 0 Å². The predicted molar refractivity (Wildman–Crippen MR) is 102 cm³/mol. The van der Waals surface area contributed by atoms with Gasteiger partial charge in [0.15, 0.2) is 0 Å². The highest BCUT2D eigenvalue weighted by Gasteiger charge is 2.22. The summed E-state index contributed by atoms with van der Waals surface area (Å²) in [6.07, 6.45) is 8.73. The van der Waals surface area contributed by atoms with Crippen LogP contribution in [0.5, 0.6) is 5.75 Å². The second kappa shape index (κ2) is 11.1. The Morgan fingerprint density at radius 1 is 1.32 bits per heavy atom. The normalized spacial score (nSPS) is 15.0. The Bertz CT molecular complexity index is 559. The first-order chi connectivity index (χ1) is 12.2. The van der Waals surface area contributed by atoms with Gasteiger partial charge in [-0.2, -0.15) is 0 Å². The van der Waals surface area contributed by atoms with Crippen LogP contribution in [-0.2, 0) is 9.53 Å². The highest BCUT2D eigenvalue weighted by Crippen LogP contribution is 2.23. The quantitative estimate of drug-likeness (QED) is 0.384. The lowest BCUT2D eigenvalue weighted by Crippen LogP contribution is -2.39. The molecule has 0 atom stereocenters. The van der Waals surface area contributed by atoms with E-state index in [-0.39, 0.29) is 5.91 Å². The maximum Gasteiger partial charge on any atom is 0.222 e. The van der Waals surface area contributed by atoms with E-state index in [1.54, 1.807) is 18.9 Å². The number of thioether (sulfide) groups is 1. The SMILES string of the molecule is C#CCOCC1CCN(C(=O)CCCSc2ccc(OC)cc2)CC1. The third-order valence-corrected chi connectivity index (χ3v) is 5.47. The molecule has 1 saturated heterocycles. The maximum atomic E-state index is 12.3. The molecule has 1 aliphatic rings. The maximum absolute atomic E-state index is 12.3. The van der Waals surface area contributed by atoms with Gasteiger partial charge in [0.25, 0.3) is 0 Å². The molecule has 25 heavy (non-hydrogen) atoms. The first-order valence-electron chi connectivity index (χ1n) is 8.78. The molecule has 5 heteroatoms. The van der Waals surface area contributed by atoms with Crippen molar-refractivity contribution in [3.8, 4) is 18.1 Å². The monoisotopic (exact) mass is 361 g/mol. The lowest BCUT2D eigenvalue weighted by molar-refractivity contribution is -0.132. The van der Waals surface area contributed by atoms with Crippen LogP contribution < -0.4 is 4.74 Å². The molecule has 1 aromatic carbocycles. The van der Waals surface area contributed by atoms with Crippen molar-refractivity contribution in [2.45, 2.75) is 30.6 Å². The molecule has 0 radical (unpaired) electrons. The number of nitrogens with zero attached hydrogens (tertiary/aromatic N) is 1. The fraction of sp³-hybridized carbons (Fsp3) is 0.550. The van der Waals surface area contributed by atoms with Crippen molar-refractivity contribution in [2.75, 3.05) is 39.2 Å². The molecule has 0 aliphatic carbocycles. The van der Waals surface area contributed by atoms with Crippen molar-refractivity contribution in [1.82, 2.24) is 4.90 Å². The summed E-state index contributed by atoms with van der Waals surface area (Å²) in [5, 5.41) is 0. The molecule has 0 saturated carbocycles. The van der Waals surface area contributed by atoms with Gasteiger partial charge in [-0.1, -0.05) is 5.92 Å². The van der Waals surface area contributed by atoms with Gasteiger partial charge in [-0.15, -0.1) is 18.2 Å². The molecule has 0 N–H and O–H groups in total. The van der Waals surface area contributed by atoms with Gasteiger partial charge in [0.2, 0.25) is 5.91 Å². The number of hydrogen-bond acceptors (Lipinski definition) is 4. The molecule has 0 spiro atoms. The molecule has 0 aromatic heterocycles. The number of hydrogen-bond donors (Lipinski definition) is 0. The van der Waals surface area contributed by atoms with Gasteiger partial charge in [-0.05, 0) is 55.2 Å². The van der Waals surface area contributed by atoms with Gasteiger partial charge in [0, 0.05) is 24.4 Å². The van der Waals surface area contributed by atoms with Gasteiger partial charge < -0.3 is 14.4 Å². The summed E-state index contributed by atoms with van der Waals surface area (Å²) in [6, 6.07) is 8.03. The van der Waals surface area contributed by atoms with Crippen molar-refractivity contribution in [2.24, 2.45) is 5.92 Å². The molecular weight excluding hydrogens is 334 g/mol. The molecule has 1 fully saturated rings. The van der Waals surface area contributed by atoms with Crippen LogP contribution in [-0.4, -0.2) is 50.0 Å². The van der Waals surface area contributed by atoms with E-state index in [0.717, 1.165) is 43.9 Å². The molecular formula is C20H27NO3S. The van der Waals surface area contributed by atoms with E-state index >= 15 is 0 Å². The van der Waals surface area contributed by atoms with E-state index in [1.807, 2.05) is 17.0 Å². The number of likely N-dealkylation sites (tertiary alicyclic amines) is 1. The number of piperidine rings is 1. The molecule has 1 aliphatic heterocycles. The highest BCUT2D eigenvalue weighted by molar-refractivity contribution is 7.99. The molecule has 136 valence electrons. The average molecular weight is 362 g/mol. The predicted octanol–water partition coefficient (Wildman–Crippen LogP) is 3.46. The molecule has 1 aromatic rings. The van der Waals surface area contributed by atoms with Crippen LogP contribution in [0.4, 0.5) is 0 Å². The van der Waals surface area contributed by atoms with E-state index in [1.165, 1.54) is 4.90 Å². The second-order valence-electron chi connectivity index (χ2n) is 6.17. The zero-order chi connectivity index (χ0) is 17.9. The fourth-order valence-electron chi connectivity index (χ4n) is 2.88. The van der Waals surface area contributed by atoms with Gasteiger partial charge in [0.05, 0.1) is 13.7 Å². The molecule has 4 nitrogen and oxygen atoms in total. The van der Waals surface area contributed by atoms with Gasteiger partial charge >= 0.3 is 0 Å². The zero-order valence-corrected chi connectivity index (χ0v) is 15.7. The smallest absolute Gasteiger partial charge is 0.222 e. The summed E-state index contributed by atoms with van der Waals surface area (Å²) in [5.41, 5.74) is 0. The molecule has 1 heterocycles. The summed E-state index contributed by atoms with van der Waals surface area (Å²) in [4.78, 5) is 15.5. The van der Waals surface area contributed by atoms with Crippen LogP contribution in [0.15, 0.2) is 29.2 Å². The summed E-state index contributed by atoms with van der Waals surface area (Å²) >= 11 is 1.78. The Kier molecular flexibility index (Phi) is 8.71. The van der Waals surface area contributed by atoms with E-state index in [9.17, 15) is 4.79 Å². The number of rotatable bonds is 9. The van der Waals surface area contributed by atoms with Gasteiger partial charge in [-0.25, -0.2) is 0 Å². The number of methoxy groups -OCH3 is 1. The van der Waals surface area contributed by atoms with Gasteiger partial charge in [0.1, 0.15) is 12.4 Å². The Morgan fingerprint density at radius 2 is 2.04 bits per heavy atom. The number of amides is 1. The minimum atomic E-state index is 0.276. The van der Waals surface area contributed by atoms with E-state index in [4.69, 9.17) is 15.9 Å². The average Bonchev–Trinajstić information content (AvgIpc) is 2.66. The lowest BCUT2D eigenvalue weighted by Gasteiger charge is -2.31. The lowest BCUT2D eigenvalue weighted by atomic mass is 9.97. The summed E-state index contributed by atoms with van der Waals surface area (Å²) < 4.78 is 10.6. The van der Waals surface area contributed by atoms with Crippen LogP contribution in [0.3, 0.4) is 0 Å². The Hall–Kier alpha value is -1.64. The van der Waals surface area contributed by atoms with Crippen LogP contribution in [0, 0.1) is 18.3 Å². The minimum Gasteiger partial charge on any atom is -0.497 e. The fourth-order valence-corrected chi connectivity index (χ4v) is 3.73. The standard InChI is InChI=1S/C20H27NO3S/c1-3-14-24-16-17-10-12-21(13-11-17)20(22)5-4-15-25-19-8-6-18(23-2)7-9-19/h1,6-9,17H,4-5,10-16H2,2H3. The summed E-state index contributed by atoms with van der Waals surface area (Å²) in [5.74, 6) is 5.11. The van der Waals surface area contributed by atoms with Crippen LogP contribution >= 0.6 is 11.8 Å². The number of carbonyl (C=O) groups is 1. The number of carbonyl (C=O) groups excluding carboxylic acids is 1. The first kappa shape index (κ1) is 19.7. The Balaban J connectivity index is 1.58. The second-order valence-corrected chi connectivity index (χ2v) is 7.34. The van der Waals surface area contributed by atoms with Crippen LogP contribution in [0.1, 0.15) is 25.7 Å². The summed E-state index contributed by atoms with van der Waals surface area (Å²) in [7, 11) is 1.67. The first-order valence-corrected chi connectivity index (χ1v) is 9.77. The Labute approximate surface area is 155 Å². The van der Waals surface area contributed by atoms with Crippen molar-refractivity contribution in [3.05, 3.63) is 24.3 Å². The largest absolute Gasteiger partial charge is 0.497 e. The van der Waals surface area contributed by atoms with Crippen molar-refractivity contribution < 1.29 is 14.3 Å². The minimum absolute atomic E-state index is 0.276. The third kappa shape index (κ3) is 7.01. The molecule has 2 rings (SSSR count). The van der Waals surface area contributed by atoms with Crippen LogP contribution in [0.2, 0.25) is 0 Å². The zero-order valence-electron chi connectivity index (χ0n) is 14.9. The third-order valence-electron chi connectivity index (χ3n) is 4.37. The number of ether oxygens (including phenoxy) is 2. The molecule has 0 bridgehead atoms. The van der Waals surface area contributed by atoms with Crippen LogP contribution in [0.25, 0.3) is 0 Å². The number of benzene rings is 1. The van der Waals surface area contributed by atoms with Gasteiger partial charge in [-0.3, -0.25) is 4.79 Å². The summed E-state index contributed by atoms with van der Waals surface area (Å²) in [6.45, 7) is 2.78. The molecule has 0 unspecified atom stereocenters. The number of terminal acetylenes is 1. The van der Waals surface area contributed by atoms with E-state index in [0.29, 0.717) is 25.6 Å². The van der Waals surface area contributed by atoms with E-state index in [2.05, 4.69) is 18.1 Å². The van der Waals surface area contributed by atoms with Crippen molar-refractivity contribution in [3.63, 3.8) is 0 Å². The highest BCUT2D eigenvalue weighted by atomic mass is 32.2. The molecule has 1 amide bonds. The van der Waals surface area contributed by atoms with Crippen molar-refractivity contribution >= 4 is 17.7 Å². The topological polar surface area (TPSA) is 38.8 Å².